The molecule has 0 aliphatic rings. The number of aliphatic imine (C=N–C) groups is 1. The fraction of sp³-hybridized carbons (Fsp3) is 0.476. The normalized spacial score (nSPS) is 12.9. The van der Waals surface area contributed by atoms with Gasteiger partial charge < -0.3 is 20.4 Å². The lowest BCUT2D eigenvalue weighted by molar-refractivity contribution is -0.463. The van der Waals surface area contributed by atoms with Crippen molar-refractivity contribution in [2.75, 3.05) is 39.5 Å². The first-order valence-corrected chi connectivity index (χ1v) is 11.9. The third-order valence-electron chi connectivity index (χ3n) is 4.36. The Morgan fingerprint density at radius 3 is 2.71 bits per heavy atom. The molecule has 1 heterocycles. The number of nitrogens with one attached hydrogen (secondary N) is 1. The van der Waals surface area contributed by atoms with E-state index < -0.39 is 17.6 Å². The van der Waals surface area contributed by atoms with Crippen LogP contribution in [0, 0.1) is 17.0 Å². The Bertz CT molecular complexity index is 869. The molecule has 1 aromatic heterocycles. The molecule has 0 radical (unpaired) electrons. The summed E-state index contributed by atoms with van der Waals surface area (Å²) in [5.41, 5.74) is 1.91. The van der Waals surface area contributed by atoms with Crippen LogP contribution >= 0.6 is 23.1 Å². The zero-order valence-electron chi connectivity index (χ0n) is 18.1. The summed E-state index contributed by atoms with van der Waals surface area (Å²) in [7, 11) is 4.13. The van der Waals surface area contributed by atoms with E-state index in [0.717, 1.165) is 18.1 Å². The lowest BCUT2D eigenvalue weighted by atomic mass is 10.1. The monoisotopic (exact) mass is 466 g/mol. The molecule has 0 aliphatic carbocycles. The van der Waals surface area contributed by atoms with Crippen LogP contribution in [0.25, 0.3) is 0 Å². The minimum Gasteiger partial charge on any atom is -0.508 e. The first-order valence-electron chi connectivity index (χ1n) is 9.91. The number of nitrogens with zero attached hydrogens (tertiary/aromatic N) is 3. The van der Waals surface area contributed by atoms with Crippen LogP contribution in [0.15, 0.2) is 35.3 Å². The number of hydrogen-bond donors (Lipinski definition) is 3. The van der Waals surface area contributed by atoms with Crippen molar-refractivity contribution in [3.8, 4) is 5.75 Å². The molecule has 31 heavy (non-hydrogen) atoms. The number of hydrogen-bond acceptors (Lipinski definition) is 8. The van der Waals surface area contributed by atoms with Gasteiger partial charge in [0, 0.05) is 39.3 Å². The van der Waals surface area contributed by atoms with Gasteiger partial charge in [-0.3, -0.25) is 15.1 Å². The number of aromatic hydroxyl groups is 1. The van der Waals surface area contributed by atoms with Crippen molar-refractivity contribution in [3.63, 3.8) is 0 Å². The predicted octanol–water partition coefficient (Wildman–Crippen LogP) is 3.06. The van der Waals surface area contributed by atoms with Crippen LogP contribution in [0.1, 0.15) is 27.0 Å². The number of nitro groups is 1. The molecule has 2 rings (SSSR count). The van der Waals surface area contributed by atoms with Gasteiger partial charge in [0.1, 0.15) is 5.75 Å². The summed E-state index contributed by atoms with van der Waals surface area (Å²) in [6.07, 6.45) is -0.892. The number of amidine groups is 1. The molecule has 0 aliphatic heterocycles. The van der Waals surface area contributed by atoms with E-state index in [0.29, 0.717) is 12.1 Å². The second kappa shape index (κ2) is 12.7. The van der Waals surface area contributed by atoms with Crippen LogP contribution in [-0.2, 0) is 12.3 Å². The molecule has 0 fully saturated rings. The molecule has 10 heteroatoms. The van der Waals surface area contributed by atoms with Gasteiger partial charge in [-0.25, -0.2) is 0 Å². The SMILES string of the molecule is Cc1cc(CSCCNC(C[N+](=O)[O-])=NCC(O)c2ccc(O)cc2)sc1CN(C)C. The average molecular weight is 467 g/mol. The van der Waals surface area contributed by atoms with Crippen molar-refractivity contribution < 1.29 is 15.1 Å². The molecule has 2 aromatic rings. The van der Waals surface area contributed by atoms with E-state index in [1.807, 2.05) is 11.3 Å². The van der Waals surface area contributed by atoms with E-state index in [2.05, 4.69) is 42.3 Å². The maximum Gasteiger partial charge on any atom is 0.259 e. The zero-order chi connectivity index (χ0) is 22.8. The number of aliphatic hydroxyl groups is 1. The minimum absolute atomic E-state index is 0.0111. The van der Waals surface area contributed by atoms with Crippen molar-refractivity contribution in [1.82, 2.24) is 10.2 Å². The lowest BCUT2D eigenvalue weighted by Crippen LogP contribution is -2.32. The molecular formula is C21H30N4O4S2. The Labute approximate surface area is 191 Å². The molecule has 1 unspecified atom stereocenters. The Morgan fingerprint density at radius 2 is 2.06 bits per heavy atom. The topological polar surface area (TPSA) is 111 Å². The van der Waals surface area contributed by atoms with Gasteiger partial charge >= 0.3 is 0 Å². The fourth-order valence-corrected chi connectivity index (χ4v) is 5.08. The molecule has 0 saturated carbocycles. The van der Waals surface area contributed by atoms with E-state index >= 15 is 0 Å². The van der Waals surface area contributed by atoms with E-state index in [4.69, 9.17) is 0 Å². The zero-order valence-corrected chi connectivity index (χ0v) is 19.7. The van der Waals surface area contributed by atoms with Gasteiger partial charge in [0.05, 0.1) is 12.6 Å². The number of thiophene rings is 1. The van der Waals surface area contributed by atoms with Crippen LogP contribution < -0.4 is 5.32 Å². The number of aryl methyl sites for hydroxylation is 1. The number of aliphatic hydroxyl groups excluding tert-OH is 1. The highest BCUT2D eigenvalue weighted by Crippen LogP contribution is 2.26. The molecular weight excluding hydrogens is 436 g/mol. The van der Waals surface area contributed by atoms with Gasteiger partial charge in [-0.2, -0.15) is 11.8 Å². The van der Waals surface area contributed by atoms with Gasteiger partial charge in [0.15, 0.2) is 5.84 Å². The van der Waals surface area contributed by atoms with E-state index in [-0.39, 0.29) is 18.1 Å². The van der Waals surface area contributed by atoms with Gasteiger partial charge in [0.2, 0.25) is 0 Å². The van der Waals surface area contributed by atoms with Crippen LogP contribution in [0.5, 0.6) is 5.75 Å². The Hall–Kier alpha value is -2.14. The van der Waals surface area contributed by atoms with Crippen LogP contribution in [-0.4, -0.2) is 65.4 Å². The van der Waals surface area contributed by atoms with Crippen molar-refractivity contribution in [1.29, 1.82) is 0 Å². The number of rotatable bonds is 12. The first kappa shape index (κ1) is 25.1. The highest BCUT2D eigenvalue weighted by molar-refractivity contribution is 7.98. The minimum atomic E-state index is -0.892. The highest BCUT2D eigenvalue weighted by Gasteiger charge is 2.11. The molecule has 0 amide bonds. The average Bonchev–Trinajstić information content (AvgIpc) is 3.04. The van der Waals surface area contributed by atoms with Gasteiger partial charge in [-0.05, 0) is 50.3 Å². The third-order valence-corrected chi connectivity index (χ3v) is 6.78. The summed E-state index contributed by atoms with van der Waals surface area (Å²) >= 11 is 3.60. The van der Waals surface area contributed by atoms with Gasteiger partial charge in [0.25, 0.3) is 6.54 Å². The highest BCUT2D eigenvalue weighted by atomic mass is 32.2. The maximum atomic E-state index is 10.9. The van der Waals surface area contributed by atoms with Crippen molar-refractivity contribution in [2.45, 2.75) is 25.3 Å². The number of benzene rings is 1. The van der Waals surface area contributed by atoms with Crippen LogP contribution in [0.3, 0.4) is 0 Å². The summed E-state index contributed by atoms with van der Waals surface area (Å²) in [4.78, 5) is 19.6. The molecule has 170 valence electrons. The number of thioether (sulfide) groups is 1. The number of phenols is 1. The summed E-state index contributed by atoms with van der Waals surface area (Å²) in [5, 5.41) is 33.5. The van der Waals surface area contributed by atoms with E-state index in [1.165, 1.54) is 27.5 Å². The molecule has 1 atom stereocenters. The molecule has 0 saturated heterocycles. The molecule has 0 bridgehead atoms. The molecule has 0 spiro atoms. The predicted molar refractivity (Wildman–Crippen MR) is 128 cm³/mol. The Balaban J connectivity index is 1.80. The standard InChI is InChI=1S/C21H30N4O4S2/c1-15-10-18(31-20(15)12-24(2)3)14-30-9-8-22-21(13-25(28)29)23-11-19(27)16-4-6-17(26)7-5-16/h4-7,10,19,26-27H,8-9,11-14H2,1-3H3,(H,22,23). The van der Waals surface area contributed by atoms with Crippen molar-refractivity contribution in [3.05, 3.63) is 61.3 Å². The second-order valence-electron chi connectivity index (χ2n) is 7.42. The summed E-state index contributed by atoms with van der Waals surface area (Å²) < 4.78 is 0. The Kier molecular flexibility index (Phi) is 10.3. The van der Waals surface area contributed by atoms with Crippen molar-refractivity contribution >= 4 is 28.9 Å². The molecule has 1 aromatic carbocycles. The summed E-state index contributed by atoms with van der Waals surface area (Å²) in [6, 6.07) is 8.39. The van der Waals surface area contributed by atoms with E-state index in [1.54, 1.807) is 23.9 Å². The molecule has 3 N–H and O–H groups in total. The van der Waals surface area contributed by atoms with Crippen molar-refractivity contribution in [2.24, 2.45) is 4.99 Å². The summed E-state index contributed by atoms with van der Waals surface area (Å²) in [5.74, 6) is 2.06. The van der Waals surface area contributed by atoms with Crippen LogP contribution in [0.4, 0.5) is 0 Å². The maximum absolute atomic E-state index is 10.9. The first-order chi connectivity index (χ1) is 14.7. The van der Waals surface area contributed by atoms with Gasteiger partial charge in [-0.1, -0.05) is 12.1 Å². The Morgan fingerprint density at radius 1 is 1.35 bits per heavy atom. The smallest absolute Gasteiger partial charge is 0.259 e. The third kappa shape index (κ3) is 9.26. The second-order valence-corrected chi connectivity index (χ2v) is 9.75. The van der Waals surface area contributed by atoms with E-state index in [9.17, 15) is 20.3 Å². The van der Waals surface area contributed by atoms with Crippen LogP contribution in [0.2, 0.25) is 0 Å². The summed E-state index contributed by atoms with van der Waals surface area (Å²) in [6.45, 7) is 3.24. The van der Waals surface area contributed by atoms with Gasteiger partial charge in [-0.15, -0.1) is 11.3 Å². The molecule has 8 nitrogen and oxygen atoms in total. The lowest BCUT2D eigenvalue weighted by Gasteiger charge is -2.11. The quantitative estimate of drug-likeness (QED) is 0.145. The fourth-order valence-electron chi connectivity index (χ4n) is 2.83. The largest absolute Gasteiger partial charge is 0.508 e. The number of phenolic OH excluding ortho intramolecular Hbond substituents is 1.